The second-order valence-electron chi connectivity index (χ2n) is 6.04. The van der Waals surface area contributed by atoms with Gasteiger partial charge in [0, 0.05) is 16.8 Å². The van der Waals surface area contributed by atoms with Crippen LogP contribution in [0.3, 0.4) is 0 Å². The van der Waals surface area contributed by atoms with Gasteiger partial charge in [-0.3, -0.25) is 4.79 Å². The highest BCUT2D eigenvalue weighted by Crippen LogP contribution is 2.51. The summed E-state index contributed by atoms with van der Waals surface area (Å²) >= 11 is 0. The van der Waals surface area contributed by atoms with Crippen LogP contribution in [0.2, 0.25) is 0 Å². The van der Waals surface area contributed by atoms with E-state index in [4.69, 9.17) is 4.74 Å². The predicted molar refractivity (Wildman–Crippen MR) is 81.3 cm³/mol. The van der Waals surface area contributed by atoms with E-state index in [1.807, 2.05) is 6.92 Å². The Morgan fingerprint density at radius 3 is 2.65 bits per heavy atom. The molecule has 0 unspecified atom stereocenters. The lowest BCUT2D eigenvalue weighted by Crippen LogP contribution is -2.56. The van der Waals surface area contributed by atoms with Gasteiger partial charge in [-0.25, -0.2) is 4.79 Å². The van der Waals surface area contributed by atoms with Gasteiger partial charge in [0.15, 0.2) is 0 Å². The molecular weight excluding hydrogens is 298 g/mol. The van der Waals surface area contributed by atoms with Crippen LogP contribution >= 0.6 is 0 Å². The Bertz CT molecular complexity index is 740. The highest BCUT2D eigenvalue weighted by Gasteiger charge is 2.70. The van der Waals surface area contributed by atoms with E-state index in [9.17, 15) is 19.8 Å². The summed E-state index contributed by atoms with van der Waals surface area (Å²) in [5.41, 5.74) is -4.02. The van der Waals surface area contributed by atoms with Crippen molar-refractivity contribution in [1.82, 2.24) is 5.32 Å². The molecule has 0 amide bonds. The number of ketones is 1. The Kier molecular flexibility index (Phi) is 3.35. The lowest BCUT2D eigenvalue weighted by atomic mass is 9.85. The number of aliphatic hydroxyl groups is 2. The first-order valence-corrected chi connectivity index (χ1v) is 7.57. The van der Waals surface area contributed by atoms with Gasteiger partial charge in [-0.2, -0.15) is 0 Å². The number of fused-ring (bicyclic) bond motifs is 3. The third-order valence-electron chi connectivity index (χ3n) is 4.61. The fourth-order valence-corrected chi connectivity index (χ4v) is 3.23. The SMILES string of the molecule is CC[C@@H](C)OC(=O)C1=C(C)N[C@@]2(O)c3ccccc3C(=O)[C@@]12O. The van der Waals surface area contributed by atoms with Crippen LogP contribution in [-0.4, -0.2) is 33.7 Å². The Morgan fingerprint density at radius 1 is 1.35 bits per heavy atom. The maximum Gasteiger partial charge on any atom is 0.339 e. The number of nitrogens with one attached hydrogen (secondary N) is 1. The minimum absolute atomic E-state index is 0.186. The number of hydrogen-bond acceptors (Lipinski definition) is 6. The number of hydrogen-bond donors (Lipinski definition) is 3. The van der Waals surface area contributed by atoms with Crippen LogP contribution < -0.4 is 5.32 Å². The zero-order valence-corrected chi connectivity index (χ0v) is 13.2. The standard InChI is InChI=1S/C17H19NO5/c1-4-9(2)23-15(20)13-10(3)18-17(22)12-8-6-5-7-11(12)14(19)16(13,17)21/h5-9,18,21-22H,4H2,1-3H3/t9-,16+,17-/m1/s1. The zero-order chi connectivity index (χ0) is 17.0. The molecule has 23 heavy (non-hydrogen) atoms. The fourth-order valence-electron chi connectivity index (χ4n) is 3.23. The summed E-state index contributed by atoms with van der Waals surface area (Å²) in [6, 6.07) is 6.36. The third-order valence-corrected chi connectivity index (χ3v) is 4.61. The highest BCUT2D eigenvalue weighted by molar-refractivity contribution is 6.16. The molecule has 1 heterocycles. The summed E-state index contributed by atoms with van der Waals surface area (Å²) in [5, 5.41) is 24.7. The average molecular weight is 317 g/mol. The molecule has 0 fully saturated rings. The van der Waals surface area contributed by atoms with E-state index in [2.05, 4.69) is 5.32 Å². The normalized spacial score (nSPS) is 29.9. The van der Waals surface area contributed by atoms with Crippen LogP contribution in [-0.2, 0) is 15.3 Å². The van der Waals surface area contributed by atoms with Gasteiger partial charge < -0.3 is 20.3 Å². The molecular formula is C17H19NO5. The lowest BCUT2D eigenvalue weighted by molar-refractivity contribution is -0.151. The van der Waals surface area contributed by atoms with Crippen molar-refractivity contribution in [2.75, 3.05) is 0 Å². The minimum Gasteiger partial charge on any atom is -0.459 e. The molecule has 1 aliphatic carbocycles. The molecule has 6 heteroatoms. The monoisotopic (exact) mass is 317 g/mol. The number of benzene rings is 1. The van der Waals surface area contributed by atoms with Crippen LogP contribution in [0.5, 0.6) is 0 Å². The maximum absolute atomic E-state index is 12.7. The summed E-state index contributed by atoms with van der Waals surface area (Å²) in [6.45, 7) is 5.10. The van der Waals surface area contributed by atoms with E-state index in [1.165, 1.54) is 13.0 Å². The second-order valence-corrected chi connectivity index (χ2v) is 6.04. The van der Waals surface area contributed by atoms with Crippen LogP contribution in [0, 0.1) is 0 Å². The molecule has 0 saturated heterocycles. The van der Waals surface area contributed by atoms with Crippen LogP contribution in [0.15, 0.2) is 35.5 Å². The molecule has 0 aromatic heterocycles. The molecule has 2 aliphatic rings. The number of rotatable bonds is 3. The minimum atomic E-state index is -2.38. The van der Waals surface area contributed by atoms with Gasteiger partial charge in [0.1, 0.15) is 5.57 Å². The van der Waals surface area contributed by atoms with Gasteiger partial charge in [0.25, 0.3) is 0 Å². The Morgan fingerprint density at radius 2 is 2.00 bits per heavy atom. The predicted octanol–water partition coefficient (Wildman–Crippen LogP) is 0.978. The molecule has 1 aliphatic heterocycles. The van der Waals surface area contributed by atoms with Crippen LogP contribution in [0.25, 0.3) is 0 Å². The van der Waals surface area contributed by atoms with Crippen molar-refractivity contribution in [3.8, 4) is 0 Å². The van der Waals surface area contributed by atoms with E-state index in [0.29, 0.717) is 6.42 Å². The number of ether oxygens (including phenoxy) is 1. The molecule has 1 aromatic carbocycles. The quantitative estimate of drug-likeness (QED) is 0.719. The summed E-state index contributed by atoms with van der Waals surface area (Å²) in [4.78, 5) is 25.2. The van der Waals surface area contributed by atoms with E-state index < -0.39 is 23.1 Å². The van der Waals surface area contributed by atoms with Crippen LogP contribution in [0.4, 0.5) is 0 Å². The second kappa shape index (κ2) is 4.91. The molecule has 3 atom stereocenters. The van der Waals surface area contributed by atoms with Gasteiger partial charge in [-0.1, -0.05) is 31.2 Å². The number of carbonyl (C=O) groups excluding carboxylic acids is 2. The molecule has 6 nitrogen and oxygen atoms in total. The molecule has 1 aromatic rings. The summed E-state index contributed by atoms with van der Waals surface area (Å²) in [5.74, 6) is -1.51. The summed E-state index contributed by atoms with van der Waals surface area (Å²) < 4.78 is 5.26. The van der Waals surface area contributed by atoms with Crippen molar-refractivity contribution >= 4 is 11.8 Å². The molecule has 0 spiro atoms. The topological polar surface area (TPSA) is 95.9 Å². The van der Waals surface area contributed by atoms with E-state index in [0.717, 1.165) is 0 Å². The van der Waals surface area contributed by atoms with Crippen molar-refractivity contribution in [2.45, 2.75) is 44.6 Å². The maximum atomic E-state index is 12.7. The van der Waals surface area contributed by atoms with Gasteiger partial charge in [0.05, 0.1) is 6.10 Å². The first-order valence-electron chi connectivity index (χ1n) is 7.57. The average Bonchev–Trinajstić information content (AvgIpc) is 2.82. The summed E-state index contributed by atoms with van der Waals surface area (Å²) in [6.07, 6.45) is 0.238. The molecule has 122 valence electrons. The van der Waals surface area contributed by atoms with Crippen molar-refractivity contribution in [3.63, 3.8) is 0 Å². The highest BCUT2D eigenvalue weighted by atomic mass is 16.5. The number of esters is 1. The van der Waals surface area contributed by atoms with E-state index >= 15 is 0 Å². The Hall–Kier alpha value is -2.18. The van der Waals surface area contributed by atoms with Gasteiger partial charge in [0.2, 0.25) is 17.1 Å². The van der Waals surface area contributed by atoms with E-state index in [1.54, 1.807) is 25.1 Å². The lowest BCUT2D eigenvalue weighted by Gasteiger charge is -2.32. The number of allylic oxidation sites excluding steroid dienone is 1. The van der Waals surface area contributed by atoms with Crippen molar-refractivity contribution < 1.29 is 24.5 Å². The number of carbonyl (C=O) groups is 2. The van der Waals surface area contributed by atoms with Gasteiger partial charge >= 0.3 is 5.97 Å². The molecule has 0 radical (unpaired) electrons. The Balaban J connectivity index is 2.11. The molecule has 0 saturated carbocycles. The van der Waals surface area contributed by atoms with Gasteiger partial charge in [-0.05, 0) is 20.3 Å². The largest absolute Gasteiger partial charge is 0.459 e. The first-order chi connectivity index (χ1) is 10.8. The molecule has 3 N–H and O–H groups in total. The zero-order valence-electron chi connectivity index (χ0n) is 13.2. The summed E-state index contributed by atoms with van der Waals surface area (Å²) in [7, 11) is 0. The van der Waals surface area contributed by atoms with Crippen molar-refractivity contribution in [3.05, 3.63) is 46.7 Å². The first kappa shape index (κ1) is 15.7. The van der Waals surface area contributed by atoms with Crippen molar-refractivity contribution in [1.29, 1.82) is 0 Å². The van der Waals surface area contributed by atoms with Gasteiger partial charge in [-0.15, -0.1) is 0 Å². The van der Waals surface area contributed by atoms with Crippen LogP contribution in [0.1, 0.15) is 43.1 Å². The third kappa shape index (κ3) is 1.82. The number of Topliss-reactive ketones (excluding diaryl/α,β-unsaturated/α-hetero) is 1. The fraction of sp³-hybridized carbons (Fsp3) is 0.412. The van der Waals surface area contributed by atoms with E-state index in [-0.39, 0.29) is 28.5 Å². The Labute approximate surface area is 133 Å². The molecule has 3 rings (SSSR count). The molecule has 0 bridgehead atoms. The van der Waals surface area contributed by atoms with Crippen molar-refractivity contribution in [2.24, 2.45) is 0 Å². The smallest absolute Gasteiger partial charge is 0.339 e.